The van der Waals surface area contributed by atoms with Crippen LogP contribution in [-0.4, -0.2) is 23.7 Å². The molecule has 354 valence electrons. The molecule has 6 heteroatoms. The molecule has 5 heterocycles. The molecule has 5 aromatic heterocycles. The molecule has 0 fully saturated rings. The minimum atomic E-state index is 0.618. The van der Waals surface area contributed by atoms with Gasteiger partial charge in [0, 0.05) is 65.6 Å². The van der Waals surface area contributed by atoms with Crippen LogP contribution in [0.5, 0.6) is 0 Å². The number of hydrogen-bond donors (Lipinski definition) is 0. The molecule has 16 rings (SSSR count). The molecule has 0 unspecified atom stereocenters. The summed E-state index contributed by atoms with van der Waals surface area (Å²) in [6.07, 6.45) is 0. The smallest absolute Gasteiger partial charge is 0.235 e. The molecule has 0 aliphatic rings. The van der Waals surface area contributed by atoms with E-state index >= 15 is 0 Å². The molecule has 0 radical (unpaired) electrons. The molecule has 0 saturated carbocycles. The summed E-state index contributed by atoms with van der Waals surface area (Å²) < 4.78 is 13.1. The monoisotopic (exact) mass is 969 g/mol. The van der Waals surface area contributed by atoms with Crippen molar-refractivity contribution in [3.63, 3.8) is 0 Å². The lowest BCUT2D eigenvalue weighted by atomic mass is 10.0. The van der Waals surface area contributed by atoms with E-state index in [-0.39, 0.29) is 0 Å². The Morgan fingerprint density at radius 3 is 1.16 bits per heavy atom. The molecule has 0 amide bonds. The van der Waals surface area contributed by atoms with Crippen molar-refractivity contribution >= 4 is 87.4 Å². The van der Waals surface area contributed by atoms with Crippen LogP contribution >= 0.6 is 0 Å². The SMILES string of the molecule is c1ccc(-c2cc(-c3ccc(-n4c5ccccc5c5cc(-c6ccc7oc8ccccc8c7c6)ccc54)cc3)nc(-n3c4ccccc4c4cc(-c5ccc6c(c5)c5ccccc5n6-c5ccccc5)ccc43)n2)cc1. The minimum absolute atomic E-state index is 0.618. The molecule has 0 bridgehead atoms. The first-order valence-electron chi connectivity index (χ1n) is 25.8. The van der Waals surface area contributed by atoms with E-state index in [0.29, 0.717) is 5.95 Å². The van der Waals surface area contributed by atoms with Gasteiger partial charge in [0.05, 0.1) is 44.5 Å². The number of benzene rings is 11. The van der Waals surface area contributed by atoms with Crippen molar-refractivity contribution in [3.8, 4) is 62.1 Å². The van der Waals surface area contributed by atoms with Crippen molar-refractivity contribution in [3.05, 3.63) is 261 Å². The van der Waals surface area contributed by atoms with Crippen LogP contribution in [-0.2, 0) is 0 Å². The van der Waals surface area contributed by atoms with Gasteiger partial charge in [-0.1, -0.05) is 158 Å². The van der Waals surface area contributed by atoms with Crippen LogP contribution in [0.1, 0.15) is 0 Å². The quantitative estimate of drug-likeness (QED) is 0.160. The first-order chi connectivity index (χ1) is 37.7. The maximum Gasteiger partial charge on any atom is 0.235 e. The van der Waals surface area contributed by atoms with Gasteiger partial charge in [-0.2, -0.15) is 0 Å². The van der Waals surface area contributed by atoms with Crippen LogP contribution in [0.3, 0.4) is 0 Å². The Labute approximate surface area is 436 Å². The number of rotatable bonds is 7. The van der Waals surface area contributed by atoms with Gasteiger partial charge in [-0.25, -0.2) is 9.97 Å². The predicted octanol–water partition coefficient (Wildman–Crippen LogP) is 18.3. The molecule has 76 heavy (non-hydrogen) atoms. The highest BCUT2D eigenvalue weighted by Crippen LogP contribution is 2.41. The van der Waals surface area contributed by atoms with Crippen LogP contribution in [0.2, 0.25) is 0 Å². The summed E-state index contributed by atoms with van der Waals surface area (Å²) in [4.78, 5) is 10.8. The summed E-state index contributed by atoms with van der Waals surface area (Å²) in [5, 5.41) is 9.41. The van der Waals surface area contributed by atoms with Gasteiger partial charge in [0.1, 0.15) is 11.2 Å². The lowest BCUT2D eigenvalue weighted by Crippen LogP contribution is -2.04. The van der Waals surface area contributed by atoms with Crippen molar-refractivity contribution < 1.29 is 4.42 Å². The second-order valence-electron chi connectivity index (χ2n) is 19.7. The summed E-state index contributed by atoms with van der Waals surface area (Å²) >= 11 is 0. The molecule has 16 aromatic rings. The first-order valence-corrected chi connectivity index (χ1v) is 25.8. The Hall–Kier alpha value is -10.3. The molecule has 6 nitrogen and oxygen atoms in total. The largest absolute Gasteiger partial charge is 0.456 e. The average molecular weight is 970 g/mol. The lowest BCUT2D eigenvalue weighted by Gasteiger charge is -2.13. The van der Waals surface area contributed by atoms with E-state index in [0.717, 1.165) is 105 Å². The van der Waals surface area contributed by atoms with Crippen molar-refractivity contribution in [2.24, 2.45) is 0 Å². The van der Waals surface area contributed by atoms with E-state index in [1.807, 2.05) is 18.2 Å². The molecule has 0 N–H and O–H groups in total. The van der Waals surface area contributed by atoms with E-state index in [4.69, 9.17) is 14.4 Å². The predicted molar refractivity (Wildman–Crippen MR) is 314 cm³/mol. The third-order valence-electron chi connectivity index (χ3n) is 15.5. The first kappa shape index (κ1) is 42.2. The highest BCUT2D eigenvalue weighted by atomic mass is 16.3. The minimum Gasteiger partial charge on any atom is -0.456 e. The number of nitrogens with zero attached hydrogens (tertiary/aromatic N) is 5. The zero-order valence-electron chi connectivity index (χ0n) is 41.0. The molecular weight excluding hydrogens is 927 g/mol. The number of para-hydroxylation sites is 5. The van der Waals surface area contributed by atoms with E-state index in [1.165, 1.54) is 38.1 Å². The van der Waals surface area contributed by atoms with Crippen molar-refractivity contribution in [1.29, 1.82) is 0 Å². The third-order valence-corrected chi connectivity index (χ3v) is 15.5. The summed E-state index contributed by atoms with van der Waals surface area (Å²) in [5.74, 6) is 0.618. The van der Waals surface area contributed by atoms with Crippen LogP contribution in [0.15, 0.2) is 265 Å². The molecule has 0 aliphatic carbocycles. The second-order valence-corrected chi connectivity index (χ2v) is 19.7. The van der Waals surface area contributed by atoms with Crippen LogP contribution < -0.4 is 0 Å². The molecule has 0 spiro atoms. The van der Waals surface area contributed by atoms with Crippen molar-refractivity contribution in [2.45, 2.75) is 0 Å². The number of fused-ring (bicyclic) bond motifs is 12. The van der Waals surface area contributed by atoms with E-state index in [9.17, 15) is 0 Å². The van der Waals surface area contributed by atoms with Crippen LogP contribution in [0, 0.1) is 0 Å². The van der Waals surface area contributed by atoms with Gasteiger partial charge in [-0.05, 0) is 125 Å². The van der Waals surface area contributed by atoms with Gasteiger partial charge in [-0.15, -0.1) is 0 Å². The average Bonchev–Trinajstić information content (AvgIpc) is 4.27. The Bertz CT molecular complexity index is 4980. The van der Waals surface area contributed by atoms with Gasteiger partial charge >= 0.3 is 0 Å². The van der Waals surface area contributed by atoms with E-state index in [2.05, 4.69) is 256 Å². The fraction of sp³-hybridized carbons (Fsp3) is 0. The summed E-state index contributed by atoms with van der Waals surface area (Å²) in [6, 6.07) is 93.3. The van der Waals surface area contributed by atoms with Crippen molar-refractivity contribution in [1.82, 2.24) is 23.7 Å². The van der Waals surface area contributed by atoms with Gasteiger partial charge in [0.2, 0.25) is 5.95 Å². The third kappa shape index (κ3) is 6.54. The van der Waals surface area contributed by atoms with Crippen LogP contribution in [0.25, 0.3) is 149 Å². The Morgan fingerprint density at radius 1 is 0.237 bits per heavy atom. The normalized spacial score (nSPS) is 11.9. The molecular formula is C70H43N5O. The Kier molecular flexibility index (Phi) is 9.23. The molecule has 0 saturated heterocycles. The van der Waals surface area contributed by atoms with Gasteiger partial charge in [-0.3, -0.25) is 4.57 Å². The highest BCUT2D eigenvalue weighted by Gasteiger charge is 2.20. The summed E-state index contributed by atoms with van der Waals surface area (Å²) in [7, 11) is 0. The maximum absolute atomic E-state index is 6.17. The number of aromatic nitrogens is 5. The Morgan fingerprint density at radius 2 is 0.605 bits per heavy atom. The fourth-order valence-electron chi connectivity index (χ4n) is 11.9. The standard InChI is InChI=1S/C70H43N5O/c1-3-15-44(16-4-1)60-43-61(45-27-33-51(34-28-45)74-63-24-12-8-20-53(63)57-40-48(30-36-66(57)74)49-32-38-69-59(42-49)55-22-10-14-26-68(55)76-69)72-70(71-60)75-64-25-13-9-21-54(64)58-41-47(31-37-67(58)75)46-29-35-65-56(39-46)52-19-7-11-23-62(52)73(65)50-17-5-2-6-18-50/h1-43H. The van der Waals surface area contributed by atoms with Crippen molar-refractivity contribution in [2.75, 3.05) is 0 Å². The van der Waals surface area contributed by atoms with E-state index in [1.54, 1.807) is 0 Å². The highest BCUT2D eigenvalue weighted by molar-refractivity contribution is 6.14. The van der Waals surface area contributed by atoms with Gasteiger partial charge < -0.3 is 13.6 Å². The molecule has 11 aromatic carbocycles. The second kappa shape index (κ2) is 16.6. The summed E-state index contributed by atoms with van der Waals surface area (Å²) in [5.41, 5.74) is 19.2. The zero-order valence-corrected chi connectivity index (χ0v) is 41.0. The van der Waals surface area contributed by atoms with Gasteiger partial charge in [0.25, 0.3) is 0 Å². The van der Waals surface area contributed by atoms with Crippen LogP contribution in [0.4, 0.5) is 0 Å². The number of furan rings is 1. The van der Waals surface area contributed by atoms with E-state index < -0.39 is 0 Å². The zero-order chi connectivity index (χ0) is 49.8. The number of hydrogen-bond acceptors (Lipinski definition) is 3. The topological polar surface area (TPSA) is 53.7 Å². The Balaban J connectivity index is 0.802. The molecule has 0 atom stereocenters. The fourth-order valence-corrected chi connectivity index (χ4v) is 11.9. The molecule has 0 aliphatic heterocycles. The van der Waals surface area contributed by atoms with Gasteiger partial charge in [0.15, 0.2) is 0 Å². The summed E-state index contributed by atoms with van der Waals surface area (Å²) in [6.45, 7) is 0. The lowest BCUT2D eigenvalue weighted by molar-refractivity contribution is 0.669. The maximum atomic E-state index is 6.17.